The Bertz CT molecular complexity index is 494. The fourth-order valence-corrected chi connectivity index (χ4v) is 2.44. The lowest BCUT2D eigenvalue weighted by atomic mass is 10.1. The smallest absolute Gasteiger partial charge is 0.287 e. The molecule has 5 nitrogen and oxygen atoms in total. The molecule has 1 aromatic heterocycles. The molecule has 0 aliphatic carbocycles. The highest BCUT2D eigenvalue weighted by Gasteiger charge is 2.14. The summed E-state index contributed by atoms with van der Waals surface area (Å²) < 4.78 is 1.29. The molecule has 0 aromatic carbocycles. The van der Waals surface area contributed by atoms with E-state index in [1.165, 1.54) is 17.5 Å². The van der Waals surface area contributed by atoms with Crippen LogP contribution in [0.2, 0.25) is 5.02 Å². The van der Waals surface area contributed by atoms with E-state index in [0.717, 1.165) is 19.5 Å². The Balaban J connectivity index is 1.94. The lowest BCUT2D eigenvalue weighted by Gasteiger charge is -2.12. The van der Waals surface area contributed by atoms with E-state index in [2.05, 4.69) is 22.3 Å². The predicted octanol–water partition coefficient (Wildman–Crippen LogP) is 1.64. The van der Waals surface area contributed by atoms with Crippen LogP contribution in [0.1, 0.15) is 19.3 Å². The molecule has 6 heteroatoms. The molecule has 1 saturated heterocycles. The largest absolute Gasteiger partial charge is 0.382 e. The van der Waals surface area contributed by atoms with Crippen LogP contribution in [0.5, 0.6) is 0 Å². The van der Waals surface area contributed by atoms with Crippen LogP contribution >= 0.6 is 11.6 Å². The molecule has 1 fully saturated rings. The Kier molecular flexibility index (Phi) is 4.99. The van der Waals surface area contributed by atoms with Gasteiger partial charge in [-0.25, -0.2) is 4.68 Å². The minimum atomic E-state index is -0.287. The second kappa shape index (κ2) is 6.73. The third-order valence-electron chi connectivity index (χ3n) is 3.26. The monoisotopic (exact) mass is 282 g/mol. The fraction of sp³-hybridized carbons (Fsp3) is 0.538. The van der Waals surface area contributed by atoms with Crippen molar-refractivity contribution in [1.29, 1.82) is 0 Å². The molecule has 0 radical (unpaired) electrons. The van der Waals surface area contributed by atoms with Crippen LogP contribution in [0.4, 0.5) is 5.69 Å². The Hall–Kier alpha value is -1.33. The summed E-state index contributed by atoms with van der Waals surface area (Å²) in [4.78, 5) is 11.9. The topological polar surface area (TPSA) is 59.0 Å². The molecule has 1 atom stereocenters. The summed E-state index contributed by atoms with van der Waals surface area (Å²) in [6.07, 6.45) is 6.68. The third-order valence-corrected chi connectivity index (χ3v) is 3.62. The lowest BCUT2D eigenvalue weighted by molar-refractivity contribution is 0.574. The van der Waals surface area contributed by atoms with Gasteiger partial charge < -0.3 is 10.6 Å². The van der Waals surface area contributed by atoms with Crippen LogP contribution in [-0.2, 0) is 6.54 Å². The van der Waals surface area contributed by atoms with Gasteiger partial charge in [0.2, 0.25) is 0 Å². The first-order chi connectivity index (χ1) is 9.22. The van der Waals surface area contributed by atoms with Gasteiger partial charge in [-0.1, -0.05) is 17.7 Å². The van der Waals surface area contributed by atoms with Gasteiger partial charge in [0, 0.05) is 12.6 Å². The summed E-state index contributed by atoms with van der Waals surface area (Å²) in [5.41, 5.74) is 0.315. The number of hydrogen-bond acceptors (Lipinski definition) is 4. The maximum Gasteiger partial charge on any atom is 0.287 e. The molecule has 0 unspecified atom stereocenters. The van der Waals surface area contributed by atoms with Gasteiger partial charge in [0.1, 0.15) is 5.02 Å². The average Bonchev–Trinajstić information content (AvgIpc) is 2.91. The van der Waals surface area contributed by atoms with Crippen LogP contribution in [0, 0.1) is 0 Å². The van der Waals surface area contributed by atoms with Gasteiger partial charge in [0.25, 0.3) is 5.56 Å². The molecule has 19 heavy (non-hydrogen) atoms. The van der Waals surface area contributed by atoms with Gasteiger partial charge >= 0.3 is 0 Å². The number of rotatable bonds is 6. The van der Waals surface area contributed by atoms with E-state index < -0.39 is 0 Å². The van der Waals surface area contributed by atoms with E-state index >= 15 is 0 Å². The van der Waals surface area contributed by atoms with Crippen molar-refractivity contribution in [1.82, 2.24) is 15.1 Å². The lowest BCUT2D eigenvalue weighted by Crippen LogP contribution is -2.26. The summed E-state index contributed by atoms with van der Waals surface area (Å²) in [5, 5.41) is 10.8. The van der Waals surface area contributed by atoms with Crippen molar-refractivity contribution in [2.75, 3.05) is 18.4 Å². The number of hydrogen-bond donors (Lipinski definition) is 2. The predicted molar refractivity (Wildman–Crippen MR) is 77.8 cm³/mol. The van der Waals surface area contributed by atoms with Crippen LogP contribution in [0.3, 0.4) is 0 Å². The maximum atomic E-state index is 11.9. The summed E-state index contributed by atoms with van der Waals surface area (Å²) in [5.74, 6) is 0. The number of nitrogens with one attached hydrogen (secondary N) is 2. The van der Waals surface area contributed by atoms with Gasteiger partial charge in [-0.15, -0.1) is 6.58 Å². The first kappa shape index (κ1) is 14.1. The first-order valence-corrected chi connectivity index (χ1v) is 6.94. The van der Waals surface area contributed by atoms with E-state index in [1.807, 2.05) is 0 Å². The molecule has 2 N–H and O–H groups in total. The highest BCUT2D eigenvalue weighted by Crippen LogP contribution is 2.16. The van der Waals surface area contributed by atoms with Gasteiger partial charge in [-0.05, 0) is 25.8 Å². The van der Waals surface area contributed by atoms with Gasteiger partial charge in [-0.3, -0.25) is 4.79 Å². The van der Waals surface area contributed by atoms with Gasteiger partial charge in [0.15, 0.2) is 0 Å². The number of allylic oxidation sites excluding steroid dienone is 1. The molecule has 1 aliphatic rings. The molecule has 0 spiro atoms. The summed E-state index contributed by atoms with van der Waals surface area (Å²) >= 11 is 6.04. The second-order valence-electron chi connectivity index (χ2n) is 4.66. The molecule has 104 valence electrons. The van der Waals surface area contributed by atoms with E-state index in [1.54, 1.807) is 12.3 Å². The highest BCUT2D eigenvalue weighted by atomic mass is 35.5. The van der Waals surface area contributed by atoms with Crippen LogP contribution in [0.25, 0.3) is 0 Å². The van der Waals surface area contributed by atoms with Gasteiger partial charge in [-0.2, -0.15) is 5.10 Å². The van der Waals surface area contributed by atoms with Crippen molar-refractivity contribution < 1.29 is 0 Å². The molecule has 1 aromatic rings. The Morgan fingerprint density at radius 3 is 3.21 bits per heavy atom. The summed E-state index contributed by atoms with van der Waals surface area (Å²) in [7, 11) is 0. The van der Waals surface area contributed by atoms with Crippen LogP contribution < -0.4 is 16.2 Å². The van der Waals surface area contributed by atoms with E-state index in [9.17, 15) is 4.79 Å². The van der Waals surface area contributed by atoms with Crippen molar-refractivity contribution in [3.05, 3.63) is 34.2 Å². The standard InChI is InChI=1S/C13H19ClN4O/c1-2-8-18-13(19)12(14)11(9-17-18)16-7-5-10-4-3-6-15-10/h2,9-10,15-16H,1,3-8H2/t10-/m1/s1. The molecular weight excluding hydrogens is 264 g/mol. The molecule has 0 saturated carbocycles. The zero-order valence-electron chi connectivity index (χ0n) is 10.9. The zero-order valence-corrected chi connectivity index (χ0v) is 11.6. The number of halogens is 1. The average molecular weight is 283 g/mol. The summed E-state index contributed by atoms with van der Waals surface area (Å²) in [6, 6.07) is 0.570. The fourth-order valence-electron chi connectivity index (χ4n) is 2.22. The molecule has 1 aliphatic heterocycles. The SMILES string of the molecule is C=CCn1ncc(NCC[C@H]2CCCN2)c(Cl)c1=O. The first-order valence-electron chi connectivity index (χ1n) is 6.56. The highest BCUT2D eigenvalue weighted by molar-refractivity contribution is 6.32. The van der Waals surface area contributed by atoms with Crippen LogP contribution in [-0.4, -0.2) is 28.9 Å². The normalized spacial score (nSPS) is 18.5. The van der Waals surface area contributed by atoms with Crippen molar-refractivity contribution in [2.45, 2.75) is 31.8 Å². The van der Waals surface area contributed by atoms with Gasteiger partial charge in [0.05, 0.1) is 18.4 Å². The molecule has 0 amide bonds. The minimum Gasteiger partial charge on any atom is -0.382 e. The summed E-state index contributed by atoms with van der Waals surface area (Å²) in [6.45, 7) is 5.83. The molecule has 2 heterocycles. The van der Waals surface area contributed by atoms with E-state index in [-0.39, 0.29) is 10.6 Å². The Morgan fingerprint density at radius 1 is 1.68 bits per heavy atom. The maximum absolute atomic E-state index is 11.9. The zero-order chi connectivity index (χ0) is 13.7. The second-order valence-corrected chi connectivity index (χ2v) is 5.03. The number of aromatic nitrogens is 2. The Labute approximate surface area is 117 Å². The molecule has 2 rings (SSSR count). The van der Waals surface area contributed by atoms with Crippen molar-refractivity contribution in [2.24, 2.45) is 0 Å². The van der Waals surface area contributed by atoms with Crippen molar-refractivity contribution in [3.8, 4) is 0 Å². The number of anilines is 1. The van der Waals surface area contributed by atoms with Crippen LogP contribution in [0.15, 0.2) is 23.6 Å². The Morgan fingerprint density at radius 2 is 2.53 bits per heavy atom. The minimum absolute atomic E-state index is 0.191. The van der Waals surface area contributed by atoms with E-state index in [4.69, 9.17) is 11.6 Å². The quantitative estimate of drug-likeness (QED) is 0.779. The van der Waals surface area contributed by atoms with Crippen molar-refractivity contribution >= 4 is 17.3 Å². The van der Waals surface area contributed by atoms with E-state index in [0.29, 0.717) is 18.3 Å². The molecule has 0 bridgehead atoms. The third kappa shape index (κ3) is 3.58. The van der Waals surface area contributed by atoms with Crippen molar-refractivity contribution in [3.63, 3.8) is 0 Å². The molecular formula is C13H19ClN4O. The number of nitrogens with zero attached hydrogens (tertiary/aromatic N) is 2.